The number of fused-ring (bicyclic) bond motifs is 1. The van der Waals surface area contributed by atoms with Crippen LogP contribution in [0, 0.1) is 10.1 Å². The van der Waals surface area contributed by atoms with E-state index in [1.807, 2.05) is 43.1 Å². The molecular formula is C18H21N3O4S. The first-order valence-corrected chi connectivity index (χ1v) is 10.1. The van der Waals surface area contributed by atoms with Crippen molar-refractivity contribution in [2.75, 3.05) is 29.6 Å². The minimum Gasteiger partial charge on any atom is -0.372 e. The first-order valence-electron chi connectivity index (χ1n) is 8.22. The molecule has 1 aliphatic rings. The van der Waals surface area contributed by atoms with E-state index in [4.69, 9.17) is 0 Å². The van der Waals surface area contributed by atoms with Gasteiger partial charge in [0.15, 0.2) is 9.84 Å². The highest BCUT2D eigenvalue weighted by atomic mass is 32.2. The Morgan fingerprint density at radius 3 is 2.50 bits per heavy atom. The zero-order valence-corrected chi connectivity index (χ0v) is 15.7. The number of hydrogen-bond donors (Lipinski definition) is 0. The molecule has 3 rings (SSSR count). The summed E-state index contributed by atoms with van der Waals surface area (Å²) in [6.07, 6.45) is 1.05. The Hall–Kier alpha value is -2.61. The second-order valence-electron chi connectivity index (χ2n) is 6.67. The van der Waals surface area contributed by atoms with Crippen LogP contribution < -0.4 is 9.80 Å². The van der Waals surface area contributed by atoms with Crippen LogP contribution in [-0.4, -0.2) is 39.2 Å². The van der Waals surface area contributed by atoms with Crippen molar-refractivity contribution < 1.29 is 13.3 Å². The summed E-state index contributed by atoms with van der Waals surface area (Å²) >= 11 is 0. The van der Waals surface area contributed by atoms with Crippen LogP contribution in [0.4, 0.5) is 17.1 Å². The molecule has 8 heteroatoms. The molecule has 1 aliphatic heterocycles. The second-order valence-corrected chi connectivity index (χ2v) is 8.68. The minimum atomic E-state index is -3.52. The Labute approximate surface area is 152 Å². The van der Waals surface area contributed by atoms with Crippen molar-refractivity contribution in [2.24, 2.45) is 0 Å². The highest BCUT2D eigenvalue weighted by molar-refractivity contribution is 7.90. The number of para-hydroxylation sites is 1. The van der Waals surface area contributed by atoms with E-state index in [0.29, 0.717) is 18.8 Å². The smallest absolute Gasteiger partial charge is 0.293 e. The van der Waals surface area contributed by atoms with Gasteiger partial charge in [-0.15, -0.1) is 0 Å². The molecule has 0 aromatic heterocycles. The summed E-state index contributed by atoms with van der Waals surface area (Å²) < 4.78 is 23.6. The van der Waals surface area contributed by atoms with Crippen LogP contribution in [-0.2, 0) is 16.4 Å². The number of anilines is 2. The van der Waals surface area contributed by atoms with Gasteiger partial charge in [-0.1, -0.05) is 18.2 Å². The number of hydrogen-bond acceptors (Lipinski definition) is 6. The largest absolute Gasteiger partial charge is 0.372 e. The quantitative estimate of drug-likeness (QED) is 0.606. The minimum absolute atomic E-state index is 0.00943. The molecule has 0 bridgehead atoms. The average Bonchev–Trinajstić information content (AvgIpc) is 2.70. The maximum atomic E-state index is 11.8. The van der Waals surface area contributed by atoms with Crippen LogP contribution in [0.15, 0.2) is 47.4 Å². The molecule has 0 saturated carbocycles. The molecule has 0 saturated heterocycles. The Morgan fingerprint density at radius 1 is 1.15 bits per heavy atom. The first-order chi connectivity index (χ1) is 12.2. The molecule has 0 amide bonds. The van der Waals surface area contributed by atoms with Gasteiger partial charge in [-0.25, -0.2) is 8.42 Å². The van der Waals surface area contributed by atoms with E-state index in [1.165, 1.54) is 6.07 Å². The standard InChI is InChI=1S/C18H21N3O4S/c1-13-11-19(2)16-7-5-4-6-14(16)12-20(13)17-9-8-15(26(3,24)25)10-18(17)21(22)23/h4-10,13H,11-12H2,1-3H3. The second kappa shape index (κ2) is 6.60. The Kier molecular flexibility index (Phi) is 4.62. The Bertz CT molecular complexity index is 959. The molecule has 7 nitrogen and oxygen atoms in total. The van der Waals surface area contributed by atoms with E-state index in [9.17, 15) is 18.5 Å². The summed E-state index contributed by atoms with van der Waals surface area (Å²) in [5, 5.41) is 11.6. The fourth-order valence-corrected chi connectivity index (χ4v) is 4.04. The van der Waals surface area contributed by atoms with Crippen LogP contribution in [0.2, 0.25) is 0 Å². The lowest BCUT2D eigenvalue weighted by atomic mass is 10.1. The molecule has 2 aromatic carbocycles. The third-order valence-electron chi connectivity index (χ3n) is 4.69. The maximum Gasteiger partial charge on any atom is 0.293 e. The van der Waals surface area contributed by atoms with Crippen molar-refractivity contribution in [3.05, 3.63) is 58.1 Å². The van der Waals surface area contributed by atoms with Gasteiger partial charge < -0.3 is 9.80 Å². The fourth-order valence-electron chi connectivity index (χ4n) is 3.40. The van der Waals surface area contributed by atoms with E-state index in [-0.39, 0.29) is 16.6 Å². The van der Waals surface area contributed by atoms with Crippen molar-refractivity contribution in [3.63, 3.8) is 0 Å². The third-order valence-corrected chi connectivity index (χ3v) is 5.81. The van der Waals surface area contributed by atoms with Crippen molar-refractivity contribution in [2.45, 2.75) is 24.4 Å². The predicted octanol–water partition coefficient (Wildman–Crippen LogP) is 2.84. The van der Waals surface area contributed by atoms with Crippen molar-refractivity contribution in [1.29, 1.82) is 0 Å². The number of benzene rings is 2. The van der Waals surface area contributed by atoms with Crippen LogP contribution in [0.5, 0.6) is 0 Å². The van der Waals surface area contributed by atoms with Crippen molar-refractivity contribution >= 4 is 26.9 Å². The lowest BCUT2D eigenvalue weighted by Gasteiger charge is -2.30. The highest BCUT2D eigenvalue weighted by Crippen LogP contribution is 2.36. The normalized spacial score (nSPS) is 17.6. The molecule has 0 N–H and O–H groups in total. The SMILES string of the molecule is CC1CN(C)c2ccccc2CN1c1ccc(S(C)(=O)=O)cc1[N+](=O)[O-]. The molecule has 1 atom stereocenters. The summed E-state index contributed by atoms with van der Waals surface area (Å²) in [4.78, 5) is 15.2. The van der Waals surface area contributed by atoms with Crippen LogP contribution in [0.1, 0.15) is 12.5 Å². The Balaban J connectivity index is 2.12. The van der Waals surface area contributed by atoms with Gasteiger partial charge in [0.1, 0.15) is 5.69 Å². The fraction of sp³-hybridized carbons (Fsp3) is 0.333. The maximum absolute atomic E-state index is 11.8. The zero-order chi connectivity index (χ0) is 19.1. The number of sulfone groups is 1. The van der Waals surface area contributed by atoms with Crippen molar-refractivity contribution in [3.8, 4) is 0 Å². The molecule has 0 radical (unpaired) electrons. The Morgan fingerprint density at radius 2 is 1.85 bits per heavy atom. The molecule has 0 fully saturated rings. The zero-order valence-electron chi connectivity index (χ0n) is 14.9. The van der Waals surface area contributed by atoms with Gasteiger partial charge >= 0.3 is 0 Å². The van der Waals surface area contributed by atoms with Gasteiger partial charge in [-0.2, -0.15) is 0 Å². The number of nitro benzene ring substituents is 1. The van der Waals surface area contributed by atoms with Gasteiger partial charge in [0.25, 0.3) is 5.69 Å². The highest BCUT2D eigenvalue weighted by Gasteiger charge is 2.29. The summed E-state index contributed by atoms with van der Waals surface area (Å²) in [5.74, 6) is 0. The molecule has 138 valence electrons. The van der Waals surface area contributed by atoms with E-state index >= 15 is 0 Å². The lowest BCUT2D eigenvalue weighted by Crippen LogP contribution is -2.38. The molecule has 0 aliphatic carbocycles. The van der Waals surface area contributed by atoms with Gasteiger partial charge in [0.2, 0.25) is 0 Å². The van der Waals surface area contributed by atoms with Crippen LogP contribution in [0.25, 0.3) is 0 Å². The number of rotatable bonds is 3. The first kappa shape index (κ1) is 18.2. The van der Waals surface area contributed by atoms with Gasteiger partial charge in [-0.05, 0) is 30.7 Å². The van der Waals surface area contributed by atoms with Crippen molar-refractivity contribution in [1.82, 2.24) is 0 Å². The van der Waals surface area contributed by atoms with Gasteiger partial charge in [0, 0.05) is 44.2 Å². The average molecular weight is 375 g/mol. The summed E-state index contributed by atoms with van der Waals surface area (Å²) in [6, 6.07) is 12.1. The molecule has 1 heterocycles. The predicted molar refractivity (Wildman–Crippen MR) is 102 cm³/mol. The van der Waals surface area contributed by atoms with E-state index < -0.39 is 14.8 Å². The number of likely N-dealkylation sites (N-methyl/N-ethyl adjacent to an activating group) is 1. The third kappa shape index (κ3) is 3.37. The van der Waals surface area contributed by atoms with Crippen LogP contribution in [0.3, 0.4) is 0 Å². The van der Waals surface area contributed by atoms with E-state index in [2.05, 4.69) is 4.90 Å². The molecule has 1 unspecified atom stereocenters. The number of nitrogens with zero attached hydrogens (tertiary/aromatic N) is 3. The molecule has 0 spiro atoms. The molecule has 2 aromatic rings. The number of nitro groups is 1. The molecular weight excluding hydrogens is 354 g/mol. The molecule has 26 heavy (non-hydrogen) atoms. The van der Waals surface area contributed by atoms with Gasteiger partial charge in [-0.3, -0.25) is 10.1 Å². The summed E-state index contributed by atoms with van der Waals surface area (Å²) in [6.45, 7) is 3.22. The van der Waals surface area contributed by atoms with Crippen LogP contribution >= 0.6 is 0 Å². The summed E-state index contributed by atoms with van der Waals surface area (Å²) in [5.41, 5.74) is 2.40. The summed E-state index contributed by atoms with van der Waals surface area (Å²) in [7, 11) is -1.52. The monoisotopic (exact) mass is 375 g/mol. The lowest BCUT2D eigenvalue weighted by molar-refractivity contribution is -0.384. The van der Waals surface area contributed by atoms with E-state index in [1.54, 1.807) is 6.07 Å². The topological polar surface area (TPSA) is 83.8 Å². The van der Waals surface area contributed by atoms with E-state index in [0.717, 1.165) is 23.6 Å². The van der Waals surface area contributed by atoms with Gasteiger partial charge in [0.05, 0.1) is 9.82 Å².